The summed E-state index contributed by atoms with van der Waals surface area (Å²) in [7, 11) is 1.65. The number of hydrogen-bond acceptors (Lipinski definition) is 8. The molecule has 0 bridgehead atoms. The van der Waals surface area contributed by atoms with Crippen molar-refractivity contribution in [1.82, 2.24) is 9.97 Å². The zero-order valence-electron chi connectivity index (χ0n) is 22.6. The molecule has 1 atom stereocenters. The Morgan fingerprint density at radius 1 is 1.02 bits per heavy atom. The fourth-order valence-corrected chi connectivity index (χ4v) is 4.64. The lowest BCUT2D eigenvalue weighted by Crippen LogP contribution is -2.50. The van der Waals surface area contributed by atoms with Gasteiger partial charge in [0.15, 0.2) is 11.6 Å². The van der Waals surface area contributed by atoms with Gasteiger partial charge in [0.1, 0.15) is 23.8 Å². The molecule has 1 aromatic heterocycles. The predicted octanol–water partition coefficient (Wildman–Crippen LogP) is 4.18. The van der Waals surface area contributed by atoms with Crippen LogP contribution in [0, 0.1) is 0 Å². The molecule has 1 fully saturated rings. The summed E-state index contributed by atoms with van der Waals surface area (Å²) in [6.07, 6.45) is -2.80. The molecule has 0 aliphatic carbocycles. The predicted molar refractivity (Wildman–Crippen MR) is 148 cm³/mol. The Morgan fingerprint density at radius 2 is 1.63 bits per heavy atom. The van der Waals surface area contributed by atoms with E-state index in [0.717, 1.165) is 54.8 Å². The average molecular weight is 573 g/mol. The number of benzene rings is 2. The molecule has 13 heteroatoms. The van der Waals surface area contributed by atoms with Crippen LogP contribution in [0.25, 0.3) is 0 Å². The number of nitrogens with one attached hydrogen (secondary N) is 1. The third-order valence-electron chi connectivity index (χ3n) is 6.80. The van der Waals surface area contributed by atoms with Crippen molar-refractivity contribution in [3.63, 3.8) is 0 Å². The van der Waals surface area contributed by atoms with Crippen molar-refractivity contribution in [2.75, 3.05) is 53.3 Å². The molecular weight excluding hydrogens is 541 g/mol. The van der Waals surface area contributed by atoms with E-state index < -0.39 is 12.1 Å². The number of hydrogen-bond donors (Lipinski definition) is 2. The summed E-state index contributed by atoms with van der Waals surface area (Å²) in [5.74, 6) is -0.392. The second kappa shape index (κ2) is 12.7. The van der Waals surface area contributed by atoms with Crippen molar-refractivity contribution in [3.8, 4) is 5.75 Å². The smallest absolute Gasteiger partial charge is 0.490 e. The first-order valence-electron chi connectivity index (χ1n) is 13.0. The summed E-state index contributed by atoms with van der Waals surface area (Å²) in [5, 5.41) is 10.5. The van der Waals surface area contributed by atoms with Gasteiger partial charge in [-0.1, -0.05) is 37.3 Å². The van der Waals surface area contributed by atoms with Crippen LogP contribution in [0.4, 0.5) is 36.2 Å². The number of carboxylic acids is 1. The van der Waals surface area contributed by atoms with Gasteiger partial charge in [0.25, 0.3) is 0 Å². The Hall–Kier alpha value is -4.55. The Balaban J connectivity index is 0.000000493. The molecule has 3 aromatic rings. The fraction of sp³-hybridized carbons (Fsp3) is 0.357. The number of carbonyl (C=O) groups is 2. The zero-order valence-corrected chi connectivity index (χ0v) is 22.6. The number of nitrogens with zero attached hydrogens (tertiary/aromatic N) is 5. The summed E-state index contributed by atoms with van der Waals surface area (Å²) >= 11 is 0. The maximum Gasteiger partial charge on any atom is 0.490 e. The van der Waals surface area contributed by atoms with Gasteiger partial charge in [0.2, 0.25) is 5.91 Å². The molecule has 3 heterocycles. The van der Waals surface area contributed by atoms with Crippen molar-refractivity contribution in [2.45, 2.75) is 32.1 Å². The van der Waals surface area contributed by atoms with E-state index in [4.69, 9.17) is 14.6 Å². The second-order valence-electron chi connectivity index (χ2n) is 9.38. The molecule has 1 unspecified atom stereocenters. The molecule has 5 rings (SSSR count). The normalized spacial score (nSPS) is 16.8. The van der Waals surface area contributed by atoms with Gasteiger partial charge in [-0.15, -0.1) is 0 Å². The zero-order chi connectivity index (χ0) is 29.6. The van der Waals surface area contributed by atoms with Gasteiger partial charge >= 0.3 is 12.1 Å². The topological polar surface area (TPSA) is 111 Å². The van der Waals surface area contributed by atoms with E-state index in [9.17, 15) is 18.0 Å². The molecule has 10 nitrogen and oxygen atoms in total. The molecule has 0 spiro atoms. The fourth-order valence-electron chi connectivity index (χ4n) is 4.64. The summed E-state index contributed by atoms with van der Waals surface area (Å²) in [6, 6.07) is 18.0. The largest absolute Gasteiger partial charge is 0.497 e. The first-order valence-corrected chi connectivity index (χ1v) is 13.0. The number of halogens is 3. The molecule has 0 radical (unpaired) electrons. The van der Waals surface area contributed by atoms with Crippen LogP contribution in [0.5, 0.6) is 5.75 Å². The minimum Gasteiger partial charge on any atom is -0.497 e. The highest BCUT2D eigenvalue weighted by molar-refractivity contribution is 6.06. The summed E-state index contributed by atoms with van der Waals surface area (Å²) in [5.41, 5.74) is 3.03. The third kappa shape index (κ3) is 6.97. The molecule has 2 N–H and O–H groups in total. The number of ether oxygens (including phenoxy) is 1. The van der Waals surface area contributed by atoms with Crippen LogP contribution in [-0.2, 0) is 16.1 Å². The van der Waals surface area contributed by atoms with Crippen LogP contribution in [0.2, 0.25) is 0 Å². The highest BCUT2D eigenvalue weighted by Gasteiger charge is 2.38. The standard InChI is InChI=1S/C26H30N6O2.C2HF3O2/c1-3-22-26(33)32(17-19-9-11-21(34-2)12-10-19)23-24(29-22)27-18-28-25(23)31-15-13-30(14-16-31)20-7-5-4-6-8-20;3-2(4,5)1(6)7/h4-12,18,22H,3,13-17H2,1-2H3,(H,27,28,29);(H,6,7). The van der Waals surface area contributed by atoms with Crippen molar-refractivity contribution < 1.29 is 32.6 Å². The number of para-hydroxylation sites is 1. The second-order valence-corrected chi connectivity index (χ2v) is 9.38. The number of alkyl halides is 3. The van der Waals surface area contributed by atoms with Gasteiger partial charge < -0.3 is 25.0 Å². The van der Waals surface area contributed by atoms with Gasteiger partial charge in [-0.05, 0) is 36.2 Å². The molecule has 41 heavy (non-hydrogen) atoms. The summed E-state index contributed by atoms with van der Waals surface area (Å²) < 4.78 is 37.0. The van der Waals surface area contributed by atoms with Crippen molar-refractivity contribution in [2.24, 2.45) is 0 Å². The summed E-state index contributed by atoms with van der Waals surface area (Å²) in [6.45, 7) is 5.89. The van der Waals surface area contributed by atoms with Gasteiger partial charge in [-0.25, -0.2) is 14.8 Å². The van der Waals surface area contributed by atoms with Crippen LogP contribution < -0.4 is 24.8 Å². The highest BCUT2D eigenvalue weighted by Crippen LogP contribution is 2.39. The number of aliphatic carboxylic acids is 1. The maximum absolute atomic E-state index is 13.5. The number of methoxy groups -OCH3 is 1. The number of amides is 1. The Labute approximate surface area is 235 Å². The van der Waals surface area contributed by atoms with Crippen molar-refractivity contribution in [1.29, 1.82) is 0 Å². The van der Waals surface area contributed by atoms with Crippen LogP contribution in [0.1, 0.15) is 18.9 Å². The number of aromatic nitrogens is 2. The van der Waals surface area contributed by atoms with Crippen LogP contribution in [0.3, 0.4) is 0 Å². The lowest BCUT2D eigenvalue weighted by molar-refractivity contribution is -0.192. The molecule has 2 aliphatic heterocycles. The minimum atomic E-state index is -5.08. The van der Waals surface area contributed by atoms with Crippen LogP contribution in [0.15, 0.2) is 60.9 Å². The number of carboxylic acid groups (broad SMARTS) is 1. The van der Waals surface area contributed by atoms with Crippen LogP contribution in [-0.4, -0.2) is 72.5 Å². The monoisotopic (exact) mass is 572 g/mol. The maximum atomic E-state index is 13.5. The Bertz CT molecular complexity index is 1330. The number of piperazine rings is 1. The van der Waals surface area contributed by atoms with Crippen molar-refractivity contribution >= 4 is 34.9 Å². The van der Waals surface area contributed by atoms with E-state index in [0.29, 0.717) is 13.0 Å². The summed E-state index contributed by atoms with van der Waals surface area (Å²) in [4.78, 5) is 38.0. The highest BCUT2D eigenvalue weighted by atomic mass is 19.4. The van der Waals surface area contributed by atoms with Gasteiger partial charge in [0, 0.05) is 31.9 Å². The third-order valence-corrected chi connectivity index (χ3v) is 6.80. The Morgan fingerprint density at radius 3 is 2.20 bits per heavy atom. The number of fused-ring (bicyclic) bond motifs is 1. The quantitative estimate of drug-likeness (QED) is 0.449. The first kappa shape index (κ1) is 29.4. The lowest BCUT2D eigenvalue weighted by atomic mass is 10.1. The SMILES string of the molecule is CCC1Nc2ncnc(N3CCN(c4ccccc4)CC3)c2N(Cc2ccc(OC)cc2)C1=O.O=C(O)C(F)(F)F. The van der Waals surface area contributed by atoms with E-state index in [1.807, 2.05) is 42.2 Å². The van der Waals surface area contributed by atoms with E-state index in [1.54, 1.807) is 13.4 Å². The molecule has 1 saturated heterocycles. The molecule has 0 saturated carbocycles. The molecule has 2 aromatic carbocycles. The lowest BCUT2D eigenvalue weighted by Gasteiger charge is -2.40. The average Bonchev–Trinajstić information content (AvgIpc) is 2.99. The number of carbonyl (C=O) groups excluding carboxylic acids is 1. The minimum absolute atomic E-state index is 0.0461. The number of anilines is 4. The van der Waals surface area contributed by atoms with Gasteiger partial charge in [-0.2, -0.15) is 13.2 Å². The number of rotatable bonds is 6. The molecule has 2 aliphatic rings. The van der Waals surface area contributed by atoms with Gasteiger partial charge in [0.05, 0.1) is 13.7 Å². The van der Waals surface area contributed by atoms with E-state index in [1.165, 1.54) is 5.69 Å². The first-order chi connectivity index (χ1) is 19.6. The van der Waals surface area contributed by atoms with Crippen molar-refractivity contribution in [3.05, 3.63) is 66.5 Å². The molecular formula is C28H31F3N6O4. The van der Waals surface area contributed by atoms with E-state index in [-0.39, 0.29) is 11.9 Å². The Kier molecular flexibility index (Phi) is 9.15. The van der Waals surface area contributed by atoms with E-state index in [2.05, 4.69) is 49.4 Å². The van der Waals surface area contributed by atoms with E-state index >= 15 is 0 Å². The van der Waals surface area contributed by atoms with Crippen LogP contribution >= 0.6 is 0 Å². The molecule has 1 amide bonds. The molecule has 218 valence electrons. The van der Waals surface area contributed by atoms with Gasteiger partial charge in [-0.3, -0.25) is 9.69 Å².